The van der Waals surface area contributed by atoms with Gasteiger partial charge >= 0.3 is 0 Å². The molecule has 0 aromatic carbocycles. The fraction of sp³-hybridized carbons (Fsp3) is 0.333. The van der Waals surface area contributed by atoms with E-state index in [1.54, 1.807) is 13.3 Å². The summed E-state index contributed by atoms with van der Waals surface area (Å²) in [6, 6.07) is -0.304. The lowest BCUT2D eigenvalue weighted by Crippen LogP contribution is -2.31. The van der Waals surface area contributed by atoms with Crippen LogP contribution in [0.5, 0.6) is 11.5 Å². The maximum Gasteiger partial charge on any atom is 0.145 e. The lowest BCUT2D eigenvalue weighted by molar-refractivity contribution is 0.411. The van der Waals surface area contributed by atoms with Crippen molar-refractivity contribution in [3.05, 3.63) is 35.2 Å². The highest BCUT2D eigenvalue weighted by Crippen LogP contribution is 2.38. The topological polar surface area (TPSA) is 94.1 Å². The van der Waals surface area contributed by atoms with Gasteiger partial charge in [-0.15, -0.1) is 0 Å². The molecule has 1 aliphatic heterocycles. The van der Waals surface area contributed by atoms with Crippen LogP contribution >= 0.6 is 0 Å². The van der Waals surface area contributed by atoms with Crippen LogP contribution in [-0.4, -0.2) is 31.7 Å². The monoisotopic (exact) mass is 246 g/mol. The third-order valence-electron chi connectivity index (χ3n) is 3.29. The number of H-pyrrole nitrogens is 1. The molecule has 6 nitrogen and oxygen atoms in total. The average molecular weight is 246 g/mol. The summed E-state index contributed by atoms with van der Waals surface area (Å²) < 4.78 is 0. The lowest BCUT2D eigenvalue weighted by Gasteiger charge is -2.24. The molecule has 0 aliphatic carbocycles. The Bertz CT molecular complexity index is 594. The number of nitrogens with one attached hydrogen (secondary N) is 2. The maximum absolute atomic E-state index is 10.1. The van der Waals surface area contributed by atoms with Crippen molar-refractivity contribution in [2.24, 2.45) is 0 Å². The summed E-state index contributed by atoms with van der Waals surface area (Å²) in [5.74, 6) is -0.00481. The van der Waals surface area contributed by atoms with Gasteiger partial charge in [0.1, 0.15) is 11.5 Å². The van der Waals surface area contributed by atoms with Crippen molar-refractivity contribution in [2.75, 3.05) is 6.54 Å². The van der Waals surface area contributed by atoms with Gasteiger partial charge in [0.05, 0.1) is 35.5 Å². The first-order chi connectivity index (χ1) is 8.68. The third-order valence-corrected chi connectivity index (χ3v) is 3.29. The summed E-state index contributed by atoms with van der Waals surface area (Å²) in [6.45, 7) is 2.46. The van der Waals surface area contributed by atoms with Crippen LogP contribution in [-0.2, 0) is 6.42 Å². The fourth-order valence-corrected chi connectivity index (χ4v) is 2.35. The molecule has 94 valence electrons. The number of imidazole rings is 1. The van der Waals surface area contributed by atoms with Crippen LogP contribution in [0.4, 0.5) is 0 Å². The summed E-state index contributed by atoms with van der Waals surface area (Å²) in [4.78, 5) is 11.3. The maximum atomic E-state index is 10.1. The van der Waals surface area contributed by atoms with E-state index in [0.717, 1.165) is 24.4 Å². The van der Waals surface area contributed by atoms with E-state index in [1.807, 2.05) is 0 Å². The molecule has 2 aromatic rings. The second-order valence-electron chi connectivity index (χ2n) is 4.39. The Labute approximate surface area is 104 Å². The van der Waals surface area contributed by atoms with Crippen LogP contribution < -0.4 is 5.32 Å². The highest BCUT2D eigenvalue weighted by Gasteiger charge is 2.29. The zero-order valence-electron chi connectivity index (χ0n) is 9.94. The van der Waals surface area contributed by atoms with Gasteiger partial charge in [0.25, 0.3) is 0 Å². The summed E-state index contributed by atoms with van der Waals surface area (Å²) in [7, 11) is 0. The van der Waals surface area contributed by atoms with Crippen molar-refractivity contribution in [1.82, 2.24) is 20.3 Å². The van der Waals surface area contributed by atoms with Gasteiger partial charge < -0.3 is 20.5 Å². The summed E-state index contributed by atoms with van der Waals surface area (Å²) in [5, 5.41) is 23.3. The molecule has 1 atom stereocenters. The zero-order valence-corrected chi connectivity index (χ0v) is 9.94. The Morgan fingerprint density at radius 3 is 3.00 bits per heavy atom. The Balaban J connectivity index is 2.16. The van der Waals surface area contributed by atoms with Gasteiger partial charge in [0.15, 0.2) is 0 Å². The van der Waals surface area contributed by atoms with Crippen LogP contribution in [0, 0.1) is 6.92 Å². The number of nitrogens with zero attached hydrogens (tertiary/aromatic N) is 2. The van der Waals surface area contributed by atoms with E-state index in [4.69, 9.17) is 0 Å². The number of pyridine rings is 1. The Kier molecular flexibility index (Phi) is 2.45. The summed E-state index contributed by atoms with van der Waals surface area (Å²) in [5.41, 5.74) is 2.78. The minimum Gasteiger partial charge on any atom is -0.506 e. The van der Waals surface area contributed by atoms with Gasteiger partial charge in [-0.25, -0.2) is 4.98 Å². The van der Waals surface area contributed by atoms with Crippen LogP contribution in [0.15, 0.2) is 12.5 Å². The van der Waals surface area contributed by atoms with Gasteiger partial charge in [-0.3, -0.25) is 4.98 Å². The smallest absolute Gasteiger partial charge is 0.145 e. The molecule has 2 aromatic heterocycles. The van der Waals surface area contributed by atoms with E-state index in [9.17, 15) is 10.2 Å². The molecule has 0 amide bonds. The standard InChI is InChI=1S/C12H14N4O2/c1-6-12(18)9(8(17)4-14-6)11-10-7(2-3-13-11)15-5-16-10/h4-5,11,13,17-18H,2-3H2,1H3,(H,15,16)/t11-/m0/s1. The van der Waals surface area contributed by atoms with Crippen LogP contribution in [0.1, 0.15) is 28.7 Å². The molecule has 0 bridgehead atoms. The number of aromatic amines is 1. The second-order valence-corrected chi connectivity index (χ2v) is 4.39. The van der Waals surface area contributed by atoms with Crippen LogP contribution in [0.25, 0.3) is 0 Å². The van der Waals surface area contributed by atoms with Gasteiger partial charge in [-0.05, 0) is 6.92 Å². The SMILES string of the molecule is Cc1ncc(O)c([C@@H]2NCCc3[nH]cnc32)c1O. The van der Waals surface area contributed by atoms with Crippen LogP contribution in [0.2, 0.25) is 0 Å². The Hall–Kier alpha value is -2.08. The average Bonchev–Trinajstić information content (AvgIpc) is 2.83. The molecule has 0 saturated heterocycles. The van der Waals surface area contributed by atoms with Gasteiger partial charge in [-0.1, -0.05) is 0 Å². The quantitative estimate of drug-likeness (QED) is 0.596. The number of aromatic hydroxyl groups is 2. The largest absolute Gasteiger partial charge is 0.506 e. The van der Waals surface area contributed by atoms with E-state index in [2.05, 4.69) is 20.3 Å². The summed E-state index contributed by atoms with van der Waals surface area (Å²) in [6.07, 6.45) is 3.84. The Morgan fingerprint density at radius 1 is 1.33 bits per heavy atom. The van der Waals surface area contributed by atoms with Crippen LogP contribution in [0.3, 0.4) is 0 Å². The number of rotatable bonds is 1. The molecular weight excluding hydrogens is 232 g/mol. The highest BCUT2D eigenvalue weighted by molar-refractivity contribution is 5.50. The van der Waals surface area contributed by atoms with Crippen molar-refractivity contribution in [1.29, 1.82) is 0 Å². The predicted molar refractivity (Wildman–Crippen MR) is 64.4 cm³/mol. The zero-order chi connectivity index (χ0) is 12.7. The number of aromatic nitrogens is 3. The molecule has 1 aliphatic rings. The van der Waals surface area contributed by atoms with E-state index < -0.39 is 0 Å². The number of hydrogen-bond acceptors (Lipinski definition) is 5. The molecular formula is C12H14N4O2. The number of aryl methyl sites for hydroxylation is 1. The molecule has 0 radical (unpaired) electrons. The number of hydrogen-bond donors (Lipinski definition) is 4. The minimum absolute atomic E-state index is 0.0170. The van der Waals surface area contributed by atoms with Gasteiger partial charge in [0, 0.05) is 18.7 Å². The first-order valence-corrected chi connectivity index (χ1v) is 5.81. The van der Waals surface area contributed by atoms with E-state index in [1.165, 1.54) is 6.20 Å². The Morgan fingerprint density at radius 2 is 2.17 bits per heavy atom. The molecule has 4 N–H and O–H groups in total. The summed E-state index contributed by atoms with van der Waals surface area (Å²) >= 11 is 0. The highest BCUT2D eigenvalue weighted by atomic mass is 16.3. The molecule has 0 unspecified atom stereocenters. The van der Waals surface area contributed by atoms with Gasteiger partial charge in [0.2, 0.25) is 0 Å². The molecule has 3 heterocycles. The lowest BCUT2D eigenvalue weighted by atomic mass is 9.96. The van der Waals surface area contributed by atoms with Crippen molar-refractivity contribution >= 4 is 0 Å². The van der Waals surface area contributed by atoms with Crippen molar-refractivity contribution < 1.29 is 10.2 Å². The second kappa shape index (κ2) is 3.99. The van der Waals surface area contributed by atoms with E-state index in [-0.39, 0.29) is 17.5 Å². The number of fused-ring (bicyclic) bond motifs is 1. The first-order valence-electron chi connectivity index (χ1n) is 5.81. The molecule has 0 fully saturated rings. The molecule has 0 saturated carbocycles. The van der Waals surface area contributed by atoms with E-state index >= 15 is 0 Å². The van der Waals surface area contributed by atoms with Gasteiger partial charge in [-0.2, -0.15) is 0 Å². The molecule has 0 spiro atoms. The predicted octanol–water partition coefficient (Wildman–Crippen LogP) is 0.759. The molecule has 6 heteroatoms. The molecule has 18 heavy (non-hydrogen) atoms. The van der Waals surface area contributed by atoms with Crippen molar-refractivity contribution in [2.45, 2.75) is 19.4 Å². The van der Waals surface area contributed by atoms with Crippen molar-refractivity contribution in [3.63, 3.8) is 0 Å². The minimum atomic E-state index is -0.304. The molecule has 3 rings (SSSR count). The normalized spacial score (nSPS) is 18.6. The van der Waals surface area contributed by atoms with E-state index in [0.29, 0.717) is 11.3 Å². The third kappa shape index (κ3) is 1.53. The first kappa shape index (κ1) is 11.0. The van der Waals surface area contributed by atoms with Crippen molar-refractivity contribution in [3.8, 4) is 11.5 Å². The fourth-order valence-electron chi connectivity index (χ4n) is 2.35.